The van der Waals surface area contributed by atoms with Crippen LogP contribution in [0.3, 0.4) is 0 Å². The lowest BCUT2D eigenvalue weighted by Crippen LogP contribution is -2.52. The van der Waals surface area contributed by atoms with Crippen LogP contribution >= 0.6 is 11.8 Å². The summed E-state index contributed by atoms with van der Waals surface area (Å²) in [4.78, 5) is 11.6. The molecule has 19 heavy (non-hydrogen) atoms. The average molecular weight is 287 g/mol. The molecule has 0 fully saturated rings. The van der Waals surface area contributed by atoms with Gasteiger partial charge in [0.1, 0.15) is 5.82 Å². The second kappa shape index (κ2) is 7.47. The Morgan fingerprint density at radius 3 is 2.42 bits per heavy atom. The van der Waals surface area contributed by atoms with E-state index in [9.17, 15) is 9.18 Å². The van der Waals surface area contributed by atoms with Crippen molar-refractivity contribution in [1.29, 1.82) is 0 Å². The fourth-order valence-corrected chi connectivity index (χ4v) is 2.13. The standard InChI is InChI=1S/C13H18FNO3S/c1-13(8-16,9-17)15-12(18)7-19-6-10-2-4-11(14)5-3-10/h2-5,16-17H,6-9H2,1H3,(H,15,18). The van der Waals surface area contributed by atoms with E-state index in [0.717, 1.165) is 5.56 Å². The minimum absolute atomic E-state index is 0.215. The van der Waals surface area contributed by atoms with Gasteiger partial charge in [0.25, 0.3) is 0 Å². The number of aliphatic hydroxyl groups excluding tert-OH is 2. The minimum atomic E-state index is -0.993. The largest absolute Gasteiger partial charge is 0.394 e. The molecule has 0 aromatic heterocycles. The van der Waals surface area contributed by atoms with Gasteiger partial charge >= 0.3 is 0 Å². The van der Waals surface area contributed by atoms with Gasteiger partial charge in [0.15, 0.2) is 0 Å². The molecule has 0 saturated heterocycles. The van der Waals surface area contributed by atoms with Gasteiger partial charge in [-0.3, -0.25) is 4.79 Å². The lowest BCUT2D eigenvalue weighted by atomic mass is 10.1. The van der Waals surface area contributed by atoms with E-state index in [2.05, 4.69) is 5.32 Å². The highest BCUT2D eigenvalue weighted by Gasteiger charge is 2.24. The zero-order valence-corrected chi connectivity index (χ0v) is 11.5. The first-order chi connectivity index (χ1) is 8.99. The maximum atomic E-state index is 12.7. The molecule has 1 aromatic rings. The van der Waals surface area contributed by atoms with Gasteiger partial charge in [-0.1, -0.05) is 12.1 Å². The smallest absolute Gasteiger partial charge is 0.230 e. The van der Waals surface area contributed by atoms with Crippen LogP contribution in [0.5, 0.6) is 0 Å². The molecule has 0 bridgehead atoms. The quantitative estimate of drug-likeness (QED) is 0.697. The SMILES string of the molecule is CC(CO)(CO)NC(=O)CSCc1ccc(F)cc1. The summed E-state index contributed by atoms with van der Waals surface area (Å²) in [6.45, 7) is 0.922. The zero-order valence-electron chi connectivity index (χ0n) is 10.7. The Kier molecular flexibility index (Phi) is 6.27. The molecule has 3 N–H and O–H groups in total. The zero-order chi connectivity index (χ0) is 14.3. The van der Waals surface area contributed by atoms with Crippen LogP contribution in [0.1, 0.15) is 12.5 Å². The van der Waals surface area contributed by atoms with Crippen molar-refractivity contribution >= 4 is 17.7 Å². The van der Waals surface area contributed by atoms with Crippen molar-refractivity contribution in [2.75, 3.05) is 19.0 Å². The van der Waals surface area contributed by atoms with Crippen molar-refractivity contribution in [2.45, 2.75) is 18.2 Å². The third-order valence-corrected chi connectivity index (χ3v) is 3.56. The van der Waals surface area contributed by atoms with Gasteiger partial charge in [-0.25, -0.2) is 4.39 Å². The number of hydrogen-bond donors (Lipinski definition) is 3. The maximum Gasteiger partial charge on any atom is 0.230 e. The highest BCUT2D eigenvalue weighted by molar-refractivity contribution is 7.99. The van der Waals surface area contributed by atoms with E-state index < -0.39 is 5.54 Å². The van der Waals surface area contributed by atoms with Crippen molar-refractivity contribution in [2.24, 2.45) is 0 Å². The van der Waals surface area contributed by atoms with Gasteiger partial charge in [-0.15, -0.1) is 11.8 Å². The van der Waals surface area contributed by atoms with E-state index in [1.165, 1.54) is 23.9 Å². The van der Waals surface area contributed by atoms with Crippen LogP contribution in [0.2, 0.25) is 0 Å². The molecule has 1 aromatic carbocycles. The number of aliphatic hydroxyl groups is 2. The van der Waals surface area contributed by atoms with E-state index in [1.54, 1.807) is 19.1 Å². The second-order valence-electron chi connectivity index (χ2n) is 4.54. The Labute approximate surface area is 116 Å². The van der Waals surface area contributed by atoms with Crippen LogP contribution in [0.4, 0.5) is 4.39 Å². The molecule has 0 aliphatic carbocycles. The maximum absolute atomic E-state index is 12.7. The third-order valence-electron chi connectivity index (χ3n) is 2.55. The summed E-state index contributed by atoms with van der Waals surface area (Å²) in [5.41, 5.74) is -0.0562. The summed E-state index contributed by atoms with van der Waals surface area (Å²) in [6.07, 6.45) is 0. The molecule has 106 valence electrons. The van der Waals surface area contributed by atoms with Crippen molar-refractivity contribution < 1.29 is 19.4 Å². The predicted octanol–water partition coefficient (Wildman–Crippen LogP) is 0.918. The lowest BCUT2D eigenvalue weighted by molar-refractivity contribution is -0.121. The number of benzene rings is 1. The molecule has 4 nitrogen and oxygen atoms in total. The summed E-state index contributed by atoms with van der Waals surface area (Å²) in [5.74, 6) is 0.279. The molecule has 6 heteroatoms. The molecule has 1 amide bonds. The molecule has 0 heterocycles. The van der Waals surface area contributed by atoms with Crippen molar-refractivity contribution in [3.05, 3.63) is 35.6 Å². The van der Waals surface area contributed by atoms with Crippen molar-refractivity contribution in [1.82, 2.24) is 5.32 Å². The first kappa shape index (κ1) is 15.9. The molecule has 0 unspecified atom stereocenters. The average Bonchev–Trinajstić information content (AvgIpc) is 2.41. The monoisotopic (exact) mass is 287 g/mol. The molecule has 0 atom stereocenters. The van der Waals surface area contributed by atoms with Crippen LogP contribution in [0.15, 0.2) is 24.3 Å². The first-order valence-corrected chi connectivity index (χ1v) is 6.99. The van der Waals surface area contributed by atoms with Crippen LogP contribution in [-0.4, -0.2) is 40.6 Å². The van der Waals surface area contributed by atoms with Gasteiger partial charge in [-0.2, -0.15) is 0 Å². The molecule has 0 aliphatic heterocycles. The summed E-state index contributed by atoms with van der Waals surface area (Å²) in [6, 6.07) is 6.10. The number of halogens is 1. The van der Waals surface area contributed by atoms with Crippen LogP contribution < -0.4 is 5.32 Å². The first-order valence-electron chi connectivity index (χ1n) is 5.84. The Morgan fingerprint density at radius 1 is 1.32 bits per heavy atom. The molecule has 0 spiro atoms. The number of carbonyl (C=O) groups excluding carboxylic acids is 1. The molecular formula is C13H18FNO3S. The fraction of sp³-hybridized carbons (Fsp3) is 0.462. The van der Waals surface area contributed by atoms with E-state index in [1.807, 2.05) is 0 Å². The third kappa shape index (κ3) is 5.59. The number of nitrogens with one attached hydrogen (secondary N) is 1. The van der Waals surface area contributed by atoms with Gasteiger partial charge in [0.05, 0.1) is 24.5 Å². The van der Waals surface area contributed by atoms with Crippen LogP contribution in [0, 0.1) is 5.82 Å². The van der Waals surface area contributed by atoms with Crippen LogP contribution in [-0.2, 0) is 10.5 Å². The van der Waals surface area contributed by atoms with E-state index in [4.69, 9.17) is 10.2 Å². The van der Waals surface area contributed by atoms with E-state index in [-0.39, 0.29) is 30.7 Å². The van der Waals surface area contributed by atoms with Crippen molar-refractivity contribution in [3.63, 3.8) is 0 Å². The predicted molar refractivity (Wildman–Crippen MR) is 73.3 cm³/mol. The Balaban J connectivity index is 2.33. The Hall–Kier alpha value is -1.11. The lowest BCUT2D eigenvalue weighted by Gasteiger charge is -2.26. The Bertz CT molecular complexity index is 407. The van der Waals surface area contributed by atoms with Crippen molar-refractivity contribution in [3.8, 4) is 0 Å². The molecule has 0 saturated carbocycles. The van der Waals surface area contributed by atoms with E-state index in [0.29, 0.717) is 5.75 Å². The van der Waals surface area contributed by atoms with Gasteiger partial charge < -0.3 is 15.5 Å². The molecule has 0 aliphatic rings. The number of carbonyl (C=O) groups is 1. The van der Waals surface area contributed by atoms with Gasteiger partial charge in [0, 0.05) is 5.75 Å². The summed E-state index contributed by atoms with van der Waals surface area (Å²) < 4.78 is 12.7. The normalized spacial score (nSPS) is 11.4. The number of rotatable bonds is 7. The number of thioether (sulfide) groups is 1. The highest BCUT2D eigenvalue weighted by Crippen LogP contribution is 2.13. The summed E-state index contributed by atoms with van der Waals surface area (Å²) in [5, 5.41) is 20.7. The topological polar surface area (TPSA) is 69.6 Å². The highest BCUT2D eigenvalue weighted by atomic mass is 32.2. The molecular weight excluding hydrogens is 269 g/mol. The summed E-state index contributed by atoms with van der Waals surface area (Å²) in [7, 11) is 0. The van der Waals surface area contributed by atoms with E-state index >= 15 is 0 Å². The fourth-order valence-electron chi connectivity index (χ4n) is 1.34. The molecule has 1 rings (SSSR count). The van der Waals surface area contributed by atoms with Gasteiger partial charge in [0.2, 0.25) is 5.91 Å². The molecule has 0 radical (unpaired) electrons. The second-order valence-corrected chi connectivity index (χ2v) is 5.53. The Morgan fingerprint density at radius 2 is 1.89 bits per heavy atom. The summed E-state index contributed by atoms with van der Waals surface area (Å²) >= 11 is 1.38. The minimum Gasteiger partial charge on any atom is -0.394 e. The number of amides is 1. The van der Waals surface area contributed by atoms with Crippen LogP contribution in [0.25, 0.3) is 0 Å². The van der Waals surface area contributed by atoms with Gasteiger partial charge in [-0.05, 0) is 24.6 Å². The number of hydrogen-bond acceptors (Lipinski definition) is 4.